The lowest BCUT2D eigenvalue weighted by molar-refractivity contribution is 0.0398. The second-order valence-electron chi connectivity index (χ2n) is 5.19. The number of ether oxygens (including phenoxy) is 1. The van der Waals surface area contributed by atoms with Crippen molar-refractivity contribution in [2.75, 3.05) is 24.6 Å². The van der Waals surface area contributed by atoms with Crippen molar-refractivity contribution in [1.29, 1.82) is 0 Å². The molecule has 1 saturated heterocycles. The monoisotopic (exact) mass is 331 g/mol. The fourth-order valence-corrected chi connectivity index (χ4v) is 2.78. The Morgan fingerprint density at radius 2 is 1.75 bits per heavy atom. The molecule has 0 saturated carbocycles. The Hall–Kier alpha value is -1.32. The third-order valence-electron chi connectivity index (χ3n) is 3.71. The van der Waals surface area contributed by atoms with Crippen LogP contribution in [0.3, 0.4) is 0 Å². The minimum atomic E-state index is 0.151. The summed E-state index contributed by atoms with van der Waals surface area (Å²) < 4.78 is 7.03. The third-order valence-corrected chi connectivity index (χ3v) is 4.24. The molecule has 1 unspecified atom stereocenters. The Morgan fingerprint density at radius 3 is 2.45 bits per heavy atom. The first-order valence-electron chi connectivity index (χ1n) is 6.91. The highest BCUT2D eigenvalue weighted by atomic mass is 79.9. The van der Waals surface area contributed by atoms with Crippen LogP contribution in [0.2, 0.25) is 0 Å². The molecular formula is C17H18BrNO. The van der Waals surface area contributed by atoms with Crippen LogP contribution in [0.25, 0.3) is 0 Å². The van der Waals surface area contributed by atoms with Crippen molar-refractivity contribution in [2.45, 2.75) is 13.0 Å². The van der Waals surface area contributed by atoms with Crippen LogP contribution in [0.15, 0.2) is 53.0 Å². The van der Waals surface area contributed by atoms with Crippen LogP contribution in [0.1, 0.15) is 17.2 Å². The highest BCUT2D eigenvalue weighted by Crippen LogP contribution is 2.27. The zero-order valence-electron chi connectivity index (χ0n) is 11.6. The van der Waals surface area contributed by atoms with E-state index in [1.54, 1.807) is 0 Å². The fraction of sp³-hybridized carbons (Fsp3) is 0.294. The van der Waals surface area contributed by atoms with E-state index >= 15 is 0 Å². The maximum Gasteiger partial charge on any atom is 0.100 e. The van der Waals surface area contributed by atoms with Crippen molar-refractivity contribution < 1.29 is 4.74 Å². The average Bonchev–Trinajstić information content (AvgIpc) is 2.49. The molecule has 2 aromatic carbocycles. The topological polar surface area (TPSA) is 12.5 Å². The van der Waals surface area contributed by atoms with Gasteiger partial charge in [-0.25, -0.2) is 0 Å². The molecule has 1 aliphatic heterocycles. The summed E-state index contributed by atoms with van der Waals surface area (Å²) in [7, 11) is 0. The first kappa shape index (κ1) is 13.7. The van der Waals surface area contributed by atoms with Crippen LogP contribution in [-0.4, -0.2) is 19.7 Å². The number of hydrogen-bond acceptors (Lipinski definition) is 2. The van der Waals surface area contributed by atoms with Crippen LogP contribution in [0.4, 0.5) is 5.69 Å². The predicted molar refractivity (Wildman–Crippen MR) is 86.2 cm³/mol. The highest BCUT2D eigenvalue weighted by molar-refractivity contribution is 9.10. The zero-order valence-corrected chi connectivity index (χ0v) is 13.1. The second-order valence-corrected chi connectivity index (χ2v) is 6.11. The number of hydrogen-bond donors (Lipinski definition) is 0. The molecule has 0 aromatic heterocycles. The van der Waals surface area contributed by atoms with Gasteiger partial charge in [-0.1, -0.05) is 45.8 Å². The Bertz CT molecular complexity index is 513. The molecule has 2 aromatic rings. The minimum Gasteiger partial charge on any atom is -0.370 e. The molecule has 20 heavy (non-hydrogen) atoms. The van der Waals surface area contributed by atoms with E-state index in [1.165, 1.54) is 16.8 Å². The van der Waals surface area contributed by atoms with Crippen molar-refractivity contribution in [2.24, 2.45) is 0 Å². The summed E-state index contributed by atoms with van der Waals surface area (Å²) in [6.07, 6.45) is 0.151. The molecule has 0 amide bonds. The SMILES string of the molecule is Cc1ccc(N2CCOC(c3ccc(Br)cc3)C2)cc1. The molecule has 1 atom stereocenters. The molecule has 0 aliphatic carbocycles. The molecule has 1 fully saturated rings. The lowest BCUT2D eigenvalue weighted by atomic mass is 10.1. The van der Waals surface area contributed by atoms with Gasteiger partial charge >= 0.3 is 0 Å². The molecule has 0 spiro atoms. The summed E-state index contributed by atoms with van der Waals surface area (Å²) in [5.41, 5.74) is 3.82. The summed E-state index contributed by atoms with van der Waals surface area (Å²) in [5, 5.41) is 0. The highest BCUT2D eigenvalue weighted by Gasteiger charge is 2.22. The van der Waals surface area contributed by atoms with E-state index < -0.39 is 0 Å². The van der Waals surface area contributed by atoms with Gasteiger partial charge in [0.1, 0.15) is 6.10 Å². The van der Waals surface area contributed by atoms with Crippen LogP contribution < -0.4 is 4.90 Å². The van der Waals surface area contributed by atoms with Crippen LogP contribution >= 0.6 is 15.9 Å². The summed E-state index contributed by atoms with van der Waals surface area (Å²) in [4.78, 5) is 2.40. The van der Waals surface area contributed by atoms with Crippen molar-refractivity contribution in [3.63, 3.8) is 0 Å². The fourth-order valence-electron chi connectivity index (χ4n) is 2.52. The standard InChI is InChI=1S/C17H18BrNO/c1-13-2-8-16(9-3-13)19-10-11-20-17(12-19)14-4-6-15(18)7-5-14/h2-9,17H,10-12H2,1H3. The Kier molecular flexibility index (Phi) is 4.08. The van der Waals surface area contributed by atoms with E-state index in [2.05, 4.69) is 76.3 Å². The molecule has 3 rings (SSSR count). The van der Waals surface area contributed by atoms with Crippen molar-refractivity contribution in [3.8, 4) is 0 Å². The number of rotatable bonds is 2. The second kappa shape index (κ2) is 5.98. The number of aryl methyl sites for hydroxylation is 1. The van der Waals surface area contributed by atoms with Gasteiger partial charge in [-0.3, -0.25) is 0 Å². The van der Waals surface area contributed by atoms with Crippen molar-refractivity contribution in [1.82, 2.24) is 0 Å². The first-order chi connectivity index (χ1) is 9.72. The largest absolute Gasteiger partial charge is 0.370 e. The van der Waals surface area contributed by atoms with Gasteiger partial charge in [0.2, 0.25) is 0 Å². The van der Waals surface area contributed by atoms with Crippen LogP contribution in [0.5, 0.6) is 0 Å². The van der Waals surface area contributed by atoms with Gasteiger partial charge < -0.3 is 9.64 Å². The summed E-state index contributed by atoms with van der Waals surface area (Å²) in [6, 6.07) is 17.1. The van der Waals surface area contributed by atoms with Gasteiger partial charge in [0, 0.05) is 23.2 Å². The number of benzene rings is 2. The summed E-state index contributed by atoms with van der Waals surface area (Å²) in [6.45, 7) is 4.75. The number of nitrogens with zero attached hydrogens (tertiary/aromatic N) is 1. The number of anilines is 1. The van der Waals surface area contributed by atoms with Gasteiger partial charge in [0.15, 0.2) is 0 Å². The molecule has 1 heterocycles. The van der Waals surface area contributed by atoms with Gasteiger partial charge in [-0.2, -0.15) is 0 Å². The molecule has 0 bridgehead atoms. The van der Waals surface area contributed by atoms with Crippen LogP contribution in [0, 0.1) is 6.92 Å². The number of halogens is 1. The average molecular weight is 332 g/mol. The van der Waals surface area contributed by atoms with Crippen LogP contribution in [-0.2, 0) is 4.74 Å². The predicted octanol–water partition coefficient (Wildman–Crippen LogP) is 4.34. The Labute approximate surface area is 128 Å². The molecule has 0 N–H and O–H groups in total. The van der Waals surface area contributed by atoms with Gasteiger partial charge in [-0.05, 0) is 36.8 Å². The molecular weight excluding hydrogens is 314 g/mol. The van der Waals surface area contributed by atoms with E-state index in [0.717, 1.165) is 24.2 Å². The molecule has 1 aliphatic rings. The minimum absolute atomic E-state index is 0.151. The zero-order chi connectivity index (χ0) is 13.9. The smallest absolute Gasteiger partial charge is 0.100 e. The maximum atomic E-state index is 5.92. The lowest BCUT2D eigenvalue weighted by Gasteiger charge is -2.34. The van der Waals surface area contributed by atoms with Crippen molar-refractivity contribution >= 4 is 21.6 Å². The van der Waals surface area contributed by atoms with E-state index in [9.17, 15) is 0 Å². The summed E-state index contributed by atoms with van der Waals surface area (Å²) >= 11 is 3.47. The van der Waals surface area contributed by atoms with E-state index in [0.29, 0.717) is 0 Å². The van der Waals surface area contributed by atoms with E-state index in [-0.39, 0.29) is 6.10 Å². The molecule has 3 heteroatoms. The maximum absolute atomic E-state index is 5.92. The lowest BCUT2D eigenvalue weighted by Crippen LogP contribution is -2.38. The Morgan fingerprint density at radius 1 is 1.05 bits per heavy atom. The Balaban J connectivity index is 1.76. The van der Waals surface area contributed by atoms with Gasteiger partial charge in [-0.15, -0.1) is 0 Å². The number of morpholine rings is 1. The van der Waals surface area contributed by atoms with Gasteiger partial charge in [0.25, 0.3) is 0 Å². The van der Waals surface area contributed by atoms with E-state index in [4.69, 9.17) is 4.74 Å². The molecule has 104 valence electrons. The quantitative estimate of drug-likeness (QED) is 0.811. The molecule has 0 radical (unpaired) electrons. The first-order valence-corrected chi connectivity index (χ1v) is 7.70. The normalized spacial score (nSPS) is 19.1. The van der Waals surface area contributed by atoms with E-state index in [1.807, 2.05) is 0 Å². The molecule has 2 nitrogen and oxygen atoms in total. The van der Waals surface area contributed by atoms with Gasteiger partial charge in [0.05, 0.1) is 6.61 Å². The van der Waals surface area contributed by atoms with Crippen molar-refractivity contribution in [3.05, 3.63) is 64.1 Å². The third kappa shape index (κ3) is 3.05. The summed E-state index contributed by atoms with van der Waals surface area (Å²) in [5.74, 6) is 0.